The summed E-state index contributed by atoms with van der Waals surface area (Å²) in [5, 5.41) is 12.1. The van der Waals surface area contributed by atoms with Crippen LogP contribution in [0.15, 0.2) is 125 Å². The van der Waals surface area contributed by atoms with Crippen molar-refractivity contribution in [3.05, 3.63) is 131 Å². The number of aromatic nitrogens is 1. The Morgan fingerprint density at radius 2 is 1.57 bits per heavy atom. The number of carbonyl (C=O) groups excluding carboxylic acids is 2. The summed E-state index contributed by atoms with van der Waals surface area (Å²) in [4.78, 5) is 33.1. The fourth-order valence-corrected chi connectivity index (χ4v) is 6.82. The number of thioether (sulfide) groups is 1. The topological polar surface area (TPSA) is 71.1 Å². The first kappa shape index (κ1) is 26.0. The molecule has 0 bridgehead atoms. The molecule has 2 heterocycles. The van der Waals surface area contributed by atoms with Crippen LogP contribution in [0.2, 0.25) is 0 Å². The van der Waals surface area contributed by atoms with Gasteiger partial charge in [-0.2, -0.15) is 0 Å². The van der Waals surface area contributed by atoms with Crippen LogP contribution in [0.3, 0.4) is 0 Å². The number of amides is 2. The maximum Gasteiger partial charge on any atom is 0.255 e. The molecular formula is C32H23N3O2S3. The third-order valence-corrected chi connectivity index (χ3v) is 9.10. The molecule has 2 amide bonds. The van der Waals surface area contributed by atoms with Gasteiger partial charge in [-0.15, -0.1) is 34.4 Å². The first-order valence-electron chi connectivity index (χ1n) is 12.5. The molecule has 0 saturated heterocycles. The number of carbonyl (C=O) groups is 2. The van der Waals surface area contributed by atoms with Gasteiger partial charge < -0.3 is 10.6 Å². The average molecular weight is 578 g/mol. The Hall–Kier alpha value is -4.24. The number of benzene rings is 4. The van der Waals surface area contributed by atoms with Crippen LogP contribution in [0.1, 0.15) is 21.2 Å². The molecule has 0 spiro atoms. The lowest BCUT2D eigenvalue weighted by Gasteiger charge is -2.17. The molecule has 0 saturated carbocycles. The summed E-state index contributed by atoms with van der Waals surface area (Å²) < 4.78 is 0. The van der Waals surface area contributed by atoms with Crippen LogP contribution in [0.5, 0.6) is 0 Å². The summed E-state index contributed by atoms with van der Waals surface area (Å²) in [5.41, 5.74) is 2.99. The molecule has 6 aromatic rings. The number of hydrogen-bond acceptors (Lipinski definition) is 6. The molecule has 8 heteroatoms. The van der Waals surface area contributed by atoms with E-state index in [0.29, 0.717) is 16.4 Å². The summed E-state index contributed by atoms with van der Waals surface area (Å²) >= 11 is 4.45. The van der Waals surface area contributed by atoms with Crippen LogP contribution in [-0.2, 0) is 4.79 Å². The van der Waals surface area contributed by atoms with Gasteiger partial charge in [0.2, 0.25) is 5.91 Å². The maximum absolute atomic E-state index is 13.5. The predicted octanol–water partition coefficient (Wildman–Crippen LogP) is 8.75. The predicted molar refractivity (Wildman–Crippen MR) is 167 cm³/mol. The summed E-state index contributed by atoms with van der Waals surface area (Å²) in [5.74, 6) is -0.343. The zero-order valence-electron chi connectivity index (χ0n) is 21.1. The third kappa shape index (κ3) is 5.99. The number of nitrogens with zero attached hydrogens (tertiary/aromatic N) is 1. The SMILES string of the molecule is O=C(Nc1cccc(SC(C(=O)Nc2nc(-c3cccs3)cs2)c2ccccc2)c1)c1ccc2ccccc2c1. The van der Waals surface area contributed by atoms with Crippen molar-refractivity contribution in [1.82, 2.24) is 4.98 Å². The highest BCUT2D eigenvalue weighted by Crippen LogP contribution is 2.38. The molecule has 0 aliphatic heterocycles. The maximum atomic E-state index is 13.5. The fraction of sp³-hybridized carbons (Fsp3) is 0.0312. The van der Waals surface area contributed by atoms with Gasteiger partial charge in [0.1, 0.15) is 5.25 Å². The normalized spacial score (nSPS) is 11.7. The second-order valence-corrected chi connectivity index (χ2v) is 11.9. The smallest absolute Gasteiger partial charge is 0.255 e. The minimum Gasteiger partial charge on any atom is -0.322 e. The number of thiophene rings is 1. The number of hydrogen-bond donors (Lipinski definition) is 2. The highest BCUT2D eigenvalue weighted by Gasteiger charge is 2.23. The molecule has 1 unspecified atom stereocenters. The van der Waals surface area contributed by atoms with E-state index in [1.54, 1.807) is 11.3 Å². The van der Waals surface area contributed by atoms with Gasteiger partial charge in [0, 0.05) is 21.5 Å². The molecule has 0 fully saturated rings. The fourth-order valence-electron chi connectivity index (χ4n) is 4.26. The lowest BCUT2D eigenvalue weighted by molar-refractivity contribution is -0.115. The zero-order valence-corrected chi connectivity index (χ0v) is 23.6. The quantitative estimate of drug-likeness (QED) is 0.177. The Morgan fingerprint density at radius 3 is 2.40 bits per heavy atom. The van der Waals surface area contributed by atoms with Gasteiger partial charge in [-0.05, 0) is 58.1 Å². The second-order valence-electron chi connectivity index (χ2n) is 8.96. The molecule has 5 nitrogen and oxygen atoms in total. The molecule has 0 aliphatic rings. The number of rotatable bonds is 8. The molecule has 4 aromatic carbocycles. The van der Waals surface area contributed by atoms with Crippen molar-refractivity contribution in [1.29, 1.82) is 0 Å². The molecule has 2 aromatic heterocycles. The molecule has 0 aliphatic carbocycles. The van der Waals surface area contributed by atoms with Gasteiger partial charge in [0.05, 0.1) is 10.6 Å². The van der Waals surface area contributed by atoms with Crippen molar-refractivity contribution in [3.63, 3.8) is 0 Å². The van der Waals surface area contributed by atoms with E-state index in [-0.39, 0.29) is 11.8 Å². The Kier molecular flexibility index (Phi) is 7.72. The van der Waals surface area contributed by atoms with Crippen LogP contribution in [0.25, 0.3) is 21.3 Å². The summed E-state index contributed by atoms with van der Waals surface area (Å²) in [6.45, 7) is 0. The number of nitrogens with one attached hydrogen (secondary N) is 2. The van der Waals surface area contributed by atoms with Crippen molar-refractivity contribution in [2.75, 3.05) is 10.6 Å². The van der Waals surface area contributed by atoms with Crippen LogP contribution < -0.4 is 10.6 Å². The van der Waals surface area contributed by atoms with Crippen molar-refractivity contribution < 1.29 is 9.59 Å². The van der Waals surface area contributed by atoms with E-state index in [2.05, 4.69) is 15.6 Å². The van der Waals surface area contributed by atoms with E-state index >= 15 is 0 Å². The first-order valence-corrected chi connectivity index (χ1v) is 15.2. The highest BCUT2D eigenvalue weighted by atomic mass is 32.2. The first-order chi connectivity index (χ1) is 19.6. The van der Waals surface area contributed by atoms with Crippen LogP contribution >= 0.6 is 34.4 Å². The van der Waals surface area contributed by atoms with E-state index in [1.807, 2.05) is 120 Å². The number of fused-ring (bicyclic) bond motifs is 1. The Morgan fingerprint density at radius 1 is 0.750 bits per heavy atom. The standard InChI is InChI=1S/C32H23N3O2S3/c36-30(24-16-15-21-8-4-5-11-23(21)18-24)33-25-12-6-13-26(19-25)40-29(22-9-2-1-3-10-22)31(37)35-32-34-27(20-39-32)28-14-7-17-38-28/h1-20,29H,(H,33,36)(H,34,35,37). The van der Waals surface area contributed by atoms with Gasteiger partial charge in [-0.25, -0.2) is 4.98 Å². The molecule has 196 valence electrons. The van der Waals surface area contributed by atoms with Gasteiger partial charge in [-0.3, -0.25) is 9.59 Å². The lowest BCUT2D eigenvalue weighted by Crippen LogP contribution is -2.19. The van der Waals surface area contributed by atoms with Gasteiger partial charge in [0.25, 0.3) is 5.91 Å². The van der Waals surface area contributed by atoms with Crippen molar-refractivity contribution in [3.8, 4) is 10.6 Å². The van der Waals surface area contributed by atoms with Gasteiger partial charge in [0.15, 0.2) is 5.13 Å². The molecule has 1 atom stereocenters. The van der Waals surface area contributed by atoms with E-state index in [1.165, 1.54) is 23.1 Å². The Bertz CT molecular complexity index is 1780. The van der Waals surface area contributed by atoms with Crippen molar-refractivity contribution in [2.24, 2.45) is 0 Å². The summed E-state index contributed by atoms with van der Waals surface area (Å²) in [7, 11) is 0. The molecule has 0 radical (unpaired) electrons. The van der Waals surface area contributed by atoms with Gasteiger partial charge in [-0.1, -0.05) is 72.8 Å². The van der Waals surface area contributed by atoms with Crippen LogP contribution in [0.4, 0.5) is 10.8 Å². The summed E-state index contributed by atoms with van der Waals surface area (Å²) in [6.07, 6.45) is 0. The number of thiazole rings is 1. The zero-order chi connectivity index (χ0) is 27.3. The van der Waals surface area contributed by atoms with E-state index in [4.69, 9.17) is 0 Å². The lowest BCUT2D eigenvalue weighted by atomic mass is 10.1. The highest BCUT2D eigenvalue weighted by molar-refractivity contribution is 8.00. The molecule has 40 heavy (non-hydrogen) atoms. The third-order valence-electron chi connectivity index (χ3n) is 6.21. The summed E-state index contributed by atoms with van der Waals surface area (Å²) in [6, 6.07) is 34.9. The Labute approximate surface area is 243 Å². The Balaban J connectivity index is 1.20. The minimum absolute atomic E-state index is 0.158. The van der Waals surface area contributed by atoms with Crippen LogP contribution in [-0.4, -0.2) is 16.8 Å². The van der Waals surface area contributed by atoms with Crippen molar-refractivity contribution >= 4 is 67.8 Å². The van der Waals surface area contributed by atoms with Crippen molar-refractivity contribution in [2.45, 2.75) is 10.1 Å². The van der Waals surface area contributed by atoms with Crippen LogP contribution in [0, 0.1) is 0 Å². The molecule has 6 rings (SSSR count). The molecule has 2 N–H and O–H groups in total. The number of anilines is 2. The minimum atomic E-state index is -0.512. The monoisotopic (exact) mass is 577 g/mol. The van der Waals surface area contributed by atoms with E-state index in [9.17, 15) is 9.59 Å². The van der Waals surface area contributed by atoms with E-state index < -0.39 is 5.25 Å². The second kappa shape index (κ2) is 11.9. The van der Waals surface area contributed by atoms with Gasteiger partial charge >= 0.3 is 0 Å². The average Bonchev–Trinajstić information content (AvgIpc) is 3.69. The van der Waals surface area contributed by atoms with E-state index in [0.717, 1.165) is 31.8 Å². The molecular weight excluding hydrogens is 555 g/mol. The largest absolute Gasteiger partial charge is 0.322 e.